The molecule has 1 saturated carbocycles. The number of carbonyl (C=O) groups excluding carboxylic acids is 1. The van der Waals surface area contributed by atoms with Gasteiger partial charge < -0.3 is 4.74 Å². The average molecular weight is 351 g/mol. The van der Waals surface area contributed by atoms with Crippen LogP contribution in [0.4, 0.5) is 0 Å². The maximum Gasteiger partial charge on any atom is 0.327 e. The summed E-state index contributed by atoms with van der Waals surface area (Å²) in [6, 6.07) is 9.89. The number of esters is 1. The summed E-state index contributed by atoms with van der Waals surface area (Å²) in [7, 11) is -3.46. The van der Waals surface area contributed by atoms with Gasteiger partial charge in [0.2, 0.25) is 10.0 Å². The molecule has 3 rings (SSSR count). The lowest BCUT2D eigenvalue weighted by atomic mass is 9.81. The topological polar surface area (TPSA) is 63.7 Å². The Morgan fingerprint density at radius 1 is 1.08 bits per heavy atom. The Hall–Kier alpha value is -1.40. The Morgan fingerprint density at radius 2 is 1.79 bits per heavy atom. The van der Waals surface area contributed by atoms with E-state index >= 15 is 0 Å². The number of rotatable bonds is 5. The third-order valence-corrected chi connectivity index (χ3v) is 7.12. The van der Waals surface area contributed by atoms with Crippen molar-refractivity contribution in [3.63, 3.8) is 0 Å². The van der Waals surface area contributed by atoms with Gasteiger partial charge in [-0.25, -0.2) is 8.42 Å². The summed E-state index contributed by atoms with van der Waals surface area (Å²) in [4.78, 5) is 12.4. The van der Waals surface area contributed by atoms with Crippen molar-refractivity contribution in [1.29, 1.82) is 0 Å². The summed E-state index contributed by atoms with van der Waals surface area (Å²) < 4.78 is 32.5. The van der Waals surface area contributed by atoms with E-state index in [1.165, 1.54) is 4.31 Å². The predicted molar refractivity (Wildman–Crippen MR) is 92.0 cm³/mol. The van der Waals surface area contributed by atoms with Crippen molar-refractivity contribution in [1.82, 2.24) is 4.31 Å². The molecular weight excluding hydrogens is 326 g/mol. The summed E-state index contributed by atoms with van der Waals surface area (Å²) in [5, 5.41) is 0. The van der Waals surface area contributed by atoms with Crippen LogP contribution in [0.25, 0.3) is 0 Å². The van der Waals surface area contributed by atoms with Crippen LogP contribution in [-0.4, -0.2) is 43.1 Å². The molecule has 2 fully saturated rings. The largest absolute Gasteiger partial charge is 0.463 e. The van der Waals surface area contributed by atoms with Crippen LogP contribution in [0.1, 0.15) is 44.1 Å². The van der Waals surface area contributed by atoms with Crippen molar-refractivity contribution in [3.05, 3.63) is 35.9 Å². The zero-order valence-electron chi connectivity index (χ0n) is 13.9. The lowest BCUT2D eigenvalue weighted by molar-refractivity contribution is -0.165. The van der Waals surface area contributed by atoms with Gasteiger partial charge in [-0.2, -0.15) is 4.31 Å². The summed E-state index contributed by atoms with van der Waals surface area (Å²) in [5.41, 5.74) is 0.195. The van der Waals surface area contributed by atoms with E-state index in [0.29, 0.717) is 25.8 Å². The van der Waals surface area contributed by atoms with Gasteiger partial charge >= 0.3 is 5.97 Å². The quantitative estimate of drug-likeness (QED) is 0.765. The van der Waals surface area contributed by atoms with E-state index in [-0.39, 0.29) is 18.3 Å². The van der Waals surface area contributed by atoms with Gasteiger partial charge in [0.05, 0.1) is 5.75 Å². The fraction of sp³-hybridized carbons (Fsp3) is 0.611. The summed E-state index contributed by atoms with van der Waals surface area (Å²) >= 11 is 0. The molecule has 5 nitrogen and oxygen atoms in total. The minimum Gasteiger partial charge on any atom is -0.463 e. The second-order valence-corrected chi connectivity index (χ2v) is 8.72. The maximum absolute atomic E-state index is 12.9. The Kier molecular flexibility index (Phi) is 5.25. The summed E-state index contributed by atoms with van der Waals surface area (Å²) in [6.45, 7) is 0.456. The molecule has 1 heterocycles. The molecule has 1 spiro atoms. The fourth-order valence-electron chi connectivity index (χ4n) is 3.88. The van der Waals surface area contributed by atoms with E-state index in [1.807, 2.05) is 30.3 Å². The molecule has 6 heteroatoms. The molecule has 0 amide bonds. The van der Waals surface area contributed by atoms with Gasteiger partial charge in [0.25, 0.3) is 0 Å². The second kappa shape index (κ2) is 7.23. The number of hydrogen-bond acceptors (Lipinski definition) is 4. The monoisotopic (exact) mass is 351 g/mol. The fourth-order valence-corrected chi connectivity index (χ4v) is 5.75. The highest BCUT2D eigenvalue weighted by Crippen LogP contribution is 2.38. The van der Waals surface area contributed by atoms with Crippen LogP contribution in [0, 0.1) is 0 Å². The van der Waals surface area contributed by atoms with E-state index in [9.17, 15) is 13.2 Å². The van der Waals surface area contributed by atoms with Crippen LogP contribution in [0.5, 0.6) is 0 Å². The van der Waals surface area contributed by atoms with Crippen LogP contribution in [-0.2, 0) is 26.0 Å². The van der Waals surface area contributed by atoms with Gasteiger partial charge in [-0.3, -0.25) is 4.79 Å². The number of cyclic esters (lactones) is 1. The van der Waals surface area contributed by atoms with E-state index in [1.54, 1.807) is 0 Å². The number of ether oxygens (including phenoxy) is 1. The molecule has 0 N–H and O–H groups in total. The van der Waals surface area contributed by atoms with Crippen LogP contribution in [0.3, 0.4) is 0 Å². The number of nitrogens with zero attached hydrogens (tertiary/aromatic N) is 1. The number of morpholine rings is 1. The van der Waals surface area contributed by atoms with Crippen molar-refractivity contribution in [2.45, 2.75) is 50.5 Å². The Morgan fingerprint density at radius 3 is 2.50 bits per heavy atom. The highest BCUT2D eigenvalue weighted by Gasteiger charge is 2.52. The highest BCUT2D eigenvalue weighted by molar-refractivity contribution is 7.89. The maximum atomic E-state index is 12.9. The lowest BCUT2D eigenvalue weighted by Gasteiger charge is -2.45. The first-order chi connectivity index (χ1) is 11.5. The molecule has 24 heavy (non-hydrogen) atoms. The van der Waals surface area contributed by atoms with Gasteiger partial charge in [0, 0.05) is 6.54 Å². The number of benzene rings is 1. The molecule has 1 aliphatic heterocycles. The normalized spacial score (nSPS) is 21.6. The summed E-state index contributed by atoms with van der Waals surface area (Å²) in [5.74, 6) is -0.267. The third kappa shape index (κ3) is 3.49. The smallest absolute Gasteiger partial charge is 0.327 e. The number of aryl methyl sites for hydroxylation is 1. The number of hydrogen-bond donors (Lipinski definition) is 0. The Labute approximate surface area is 144 Å². The SMILES string of the molecule is O=C1OCCN(S(=O)(=O)CCCc2ccccc2)C12CCCCC2. The van der Waals surface area contributed by atoms with E-state index in [4.69, 9.17) is 4.74 Å². The molecular formula is C18H25NO4S. The molecule has 1 aromatic carbocycles. The predicted octanol–water partition coefficient (Wildman–Crippen LogP) is 2.51. The molecule has 2 aliphatic rings. The minimum atomic E-state index is -3.46. The highest BCUT2D eigenvalue weighted by atomic mass is 32.2. The van der Waals surface area contributed by atoms with Crippen LogP contribution >= 0.6 is 0 Å². The number of sulfonamides is 1. The zero-order chi connectivity index (χ0) is 17.0. The Balaban J connectivity index is 1.70. The summed E-state index contributed by atoms with van der Waals surface area (Å²) in [6.07, 6.45) is 5.28. The lowest BCUT2D eigenvalue weighted by Crippen LogP contribution is -2.63. The third-order valence-electron chi connectivity index (χ3n) is 5.11. The van der Waals surface area contributed by atoms with Crippen molar-refractivity contribution < 1.29 is 17.9 Å². The van der Waals surface area contributed by atoms with E-state index < -0.39 is 15.6 Å². The van der Waals surface area contributed by atoms with Crippen LogP contribution in [0.2, 0.25) is 0 Å². The first kappa shape index (κ1) is 17.4. The van der Waals surface area contributed by atoms with Crippen molar-refractivity contribution in [2.24, 2.45) is 0 Å². The molecule has 0 radical (unpaired) electrons. The first-order valence-corrected chi connectivity index (χ1v) is 10.4. The molecule has 0 bridgehead atoms. The van der Waals surface area contributed by atoms with Gasteiger partial charge in [-0.15, -0.1) is 0 Å². The molecule has 1 aliphatic carbocycles. The molecule has 1 saturated heterocycles. The van der Waals surface area contributed by atoms with Crippen molar-refractivity contribution >= 4 is 16.0 Å². The Bertz CT molecular complexity index is 666. The number of carbonyl (C=O) groups is 1. The molecule has 0 aromatic heterocycles. The zero-order valence-corrected chi connectivity index (χ0v) is 14.8. The molecule has 1 aromatic rings. The van der Waals surface area contributed by atoms with Crippen molar-refractivity contribution in [3.8, 4) is 0 Å². The molecule has 132 valence electrons. The van der Waals surface area contributed by atoms with E-state index in [0.717, 1.165) is 31.2 Å². The van der Waals surface area contributed by atoms with Gasteiger partial charge in [-0.1, -0.05) is 49.6 Å². The second-order valence-electron chi connectivity index (χ2n) is 6.71. The molecule has 0 unspecified atom stereocenters. The van der Waals surface area contributed by atoms with Gasteiger partial charge in [-0.05, 0) is 31.2 Å². The van der Waals surface area contributed by atoms with Crippen LogP contribution < -0.4 is 0 Å². The van der Waals surface area contributed by atoms with Gasteiger partial charge in [0.1, 0.15) is 12.1 Å². The van der Waals surface area contributed by atoms with E-state index in [2.05, 4.69) is 0 Å². The minimum absolute atomic E-state index is 0.0803. The average Bonchev–Trinajstić information content (AvgIpc) is 2.59. The van der Waals surface area contributed by atoms with Crippen molar-refractivity contribution in [2.75, 3.05) is 18.9 Å². The van der Waals surface area contributed by atoms with Gasteiger partial charge in [0.15, 0.2) is 0 Å². The van der Waals surface area contributed by atoms with Crippen LogP contribution in [0.15, 0.2) is 30.3 Å². The first-order valence-electron chi connectivity index (χ1n) is 8.76. The standard InChI is InChI=1S/C18H25NO4S/c20-17-18(11-5-2-6-12-18)19(13-14-23-17)24(21,22)15-7-10-16-8-3-1-4-9-16/h1,3-4,8-9H,2,5-7,10-15H2. The molecule has 0 atom stereocenters.